The largest absolute Gasteiger partial charge is 0.471 e. The van der Waals surface area contributed by atoms with E-state index >= 15 is 0 Å². The molecule has 1 aliphatic carbocycles. The normalized spacial score (nSPS) is 28.2. The Hall–Kier alpha value is -1.71. The van der Waals surface area contributed by atoms with Crippen LogP contribution in [-0.4, -0.2) is 77.9 Å². The Balaban J connectivity index is 0.00000210. The molecule has 2 aromatic rings. The summed E-state index contributed by atoms with van der Waals surface area (Å²) >= 11 is 0. The minimum atomic E-state index is -1.02. The number of benzene rings is 1. The third-order valence-corrected chi connectivity index (χ3v) is 5.10. The average Bonchev–Trinajstić information content (AvgIpc) is 2.96. The van der Waals surface area contributed by atoms with E-state index in [1.807, 2.05) is 24.3 Å². The van der Waals surface area contributed by atoms with E-state index in [4.69, 9.17) is 9.47 Å². The summed E-state index contributed by atoms with van der Waals surface area (Å²) in [6.45, 7) is 3.42. The van der Waals surface area contributed by atoms with Gasteiger partial charge in [0.05, 0.1) is 17.0 Å². The number of ether oxygens (including phenoxy) is 2. The van der Waals surface area contributed by atoms with Gasteiger partial charge in [0.1, 0.15) is 18.3 Å². The van der Waals surface area contributed by atoms with Crippen molar-refractivity contribution in [1.29, 1.82) is 0 Å². The first-order chi connectivity index (χ1) is 12.7. The second kappa shape index (κ2) is 8.53. The van der Waals surface area contributed by atoms with E-state index in [0.29, 0.717) is 18.2 Å². The van der Waals surface area contributed by atoms with Crippen LogP contribution in [0.25, 0.3) is 10.9 Å². The molecule has 4 rings (SSSR count). The Morgan fingerprint density at radius 1 is 1.07 bits per heavy atom. The summed E-state index contributed by atoms with van der Waals surface area (Å²) in [5, 5.41) is 24.5. The van der Waals surface area contributed by atoms with E-state index in [2.05, 4.69) is 20.2 Å². The molecule has 9 heteroatoms. The average molecular weight is 397 g/mol. The van der Waals surface area contributed by atoms with Gasteiger partial charge in [-0.2, -0.15) is 4.98 Å². The lowest BCUT2D eigenvalue weighted by atomic mass is 10.2. The summed E-state index contributed by atoms with van der Waals surface area (Å²) < 4.78 is 11.3. The van der Waals surface area contributed by atoms with Gasteiger partial charge in [-0.05, 0) is 12.1 Å². The summed E-state index contributed by atoms with van der Waals surface area (Å²) in [5.74, 6) is 1.05. The number of aromatic nitrogens is 2. The molecule has 4 atom stereocenters. The fourth-order valence-corrected chi connectivity index (χ4v) is 3.58. The number of fused-ring (bicyclic) bond motifs is 1. The summed E-state index contributed by atoms with van der Waals surface area (Å²) in [7, 11) is 1.52. The van der Waals surface area contributed by atoms with E-state index in [1.54, 1.807) is 0 Å². The molecule has 1 aromatic heterocycles. The predicted molar refractivity (Wildman–Crippen MR) is 104 cm³/mol. The van der Waals surface area contributed by atoms with Gasteiger partial charge in [-0.3, -0.25) is 0 Å². The van der Waals surface area contributed by atoms with Crippen molar-refractivity contribution in [2.75, 3.05) is 38.2 Å². The van der Waals surface area contributed by atoms with E-state index in [9.17, 15) is 10.2 Å². The first-order valence-corrected chi connectivity index (χ1v) is 8.95. The Bertz CT molecular complexity index is 774. The van der Waals surface area contributed by atoms with Gasteiger partial charge in [0.25, 0.3) is 0 Å². The van der Waals surface area contributed by atoms with Crippen LogP contribution in [0.15, 0.2) is 24.3 Å². The van der Waals surface area contributed by atoms with Gasteiger partial charge in [0.15, 0.2) is 0 Å². The summed E-state index contributed by atoms with van der Waals surface area (Å²) in [5.41, 5.74) is 0.794. The number of piperazine rings is 1. The van der Waals surface area contributed by atoms with Gasteiger partial charge in [0, 0.05) is 39.7 Å². The molecule has 2 aliphatic rings. The number of nitrogens with zero attached hydrogens (tertiary/aromatic N) is 3. The number of anilines is 1. The first kappa shape index (κ1) is 20.0. The topological polar surface area (TPSA) is 100.0 Å². The highest BCUT2D eigenvalue weighted by atomic mass is 35.5. The molecule has 0 radical (unpaired) electrons. The van der Waals surface area contributed by atoms with E-state index in [0.717, 1.165) is 37.1 Å². The minimum absolute atomic E-state index is 0. The fraction of sp³-hybridized carbons (Fsp3) is 0.556. The highest BCUT2D eigenvalue weighted by Gasteiger charge is 2.43. The quantitative estimate of drug-likeness (QED) is 0.680. The van der Waals surface area contributed by atoms with E-state index in [1.165, 1.54) is 7.11 Å². The Labute approximate surface area is 163 Å². The molecule has 148 valence electrons. The van der Waals surface area contributed by atoms with Crippen molar-refractivity contribution in [3.8, 4) is 5.88 Å². The summed E-state index contributed by atoms with van der Waals surface area (Å²) in [6.07, 6.45) is -2.61. The lowest BCUT2D eigenvalue weighted by molar-refractivity contribution is -0.0483. The fourth-order valence-electron chi connectivity index (χ4n) is 3.58. The van der Waals surface area contributed by atoms with Gasteiger partial charge in [-0.15, -0.1) is 12.4 Å². The minimum Gasteiger partial charge on any atom is -0.471 e. The SMILES string of the molecule is CO[C@H]1C[C@@H](Oc2nc(N3CCNCC3)nc3ccccc23)[C@H](O)[C@@H]1O.Cl. The van der Waals surface area contributed by atoms with Crippen LogP contribution in [0.5, 0.6) is 5.88 Å². The molecule has 1 saturated carbocycles. The highest BCUT2D eigenvalue weighted by Crippen LogP contribution is 2.31. The van der Waals surface area contributed by atoms with Crippen LogP contribution in [0.4, 0.5) is 5.95 Å². The molecule has 0 unspecified atom stereocenters. The van der Waals surface area contributed by atoms with Gasteiger partial charge in [-0.1, -0.05) is 12.1 Å². The second-order valence-corrected chi connectivity index (χ2v) is 6.73. The van der Waals surface area contributed by atoms with Crippen molar-refractivity contribution in [1.82, 2.24) is 15.3 Å². The zero-order valence-corrected chi connectivity index (χ0v) is 15.9. The molecule has 3 N–H and O–H groups in total. The highest BCUT2D eigenvalue weighted by molar-refractivity contribution is 5.85. The molecule has 0 bridgehead atoms. The first-order valence-electron chi connectivity index (χ1n) is 8.95. The maximum Gasteiger partial charge on any atom is 0.229 e. The zero-order valence-electron chi connectivity index (χ0n) is 15.1. The molecule has 2 fully saturated rings. The van der Waals surface area contributed by atoms with Crippen LogP contribution in [-0.2, 0) is 4.74 Å². The number of hydrogen-bond donors (Lipinski definition) is 3. The smallest absolute Gasteiger partial charge is 0.229 e. The predicted octanol–water partition coefficient (Wildman–Crippen LogP) is 0.349. The van der Waals surface area contributed by atoms with Gasteiger partial charge in [0.2, 0.25) is 11.8 Å². The van der Waals surface area contributed by atoms with Gasteiger partial charge in [-0.25, -0.2) is 4.98 Å². The van der Waals surface area contributed by atoms with Crippen LogP contribution in [0, 0.1) is 0 Å². The van der Waals surface area contributed by atoms with Crippen LogP contribution >= 0.6 is 12.4 Å². The van der Waals surface area contributed by atoms with Crippen molar-refractivity contribution in [2.45, 2.75) is 30.8 Å². The lowest BCUT2D eigenvalue weighted by Crippen LogP contribution is -2.44. The number of methoxy groups -OCH3 is 1. The van der Waals surface area contributed by atoms with Crippen LogP contribution < -0.4 is 15.0 Å². The summed E-state index contributed by atoms with van der Waals surface area (Å²) in [4.78, 5) is 11.4. The molecule has 8 nitrogen and oxygen atoms in total. The lowest BCUT2D eigenvalue weighted by Gasteiger charge is -2.28. The van der Waals surface area contributed by atoms with E-state index in [-0.39, 0.29) is 12.4 Å². The van der Waals surface area contributed by atoms with Crippen molar-refractivity contribution < 1.29 is 19.7 Å². The number of aliphatic hydroxyl groups is 2. The van der Waals surface area contributed by atoms with Crippen molar-refractivity contribution in [3.63, 3.8) is 0 Å². The molecular formula is C18H25ClN4O4. The molecular weight excluding hydrogens is 372 g/mol. The molecule has 0 amide bonds. The third-order valence-electron chi connectivity index (χ3n) is 5.10. The number of aliphatic hydroxyl groups excluding tert-OH is 2. The third kappa shape index (κ3) is 3.95. The maximum absolute atomic E-state index is 10.3. The van der Waals surface area contributed by atoms with Gasteiger partial charge >= 0.3 is 0 Å². The van der Waals surface area contributed by atoms with Crippen LogP contribution in [0.3, 0.4) is 0 Å². The van der Waals surface area contributed by atoms with Crippen molar-refractivity contribution >= 4 is 29.3 Å². The van der Waals surface area contributed by atoms with Crippen LogP contribution in [0.2, 0.25) is 0 Å². The molecule has 27 heavy (non-hydrogen) atoms. The Morgan fingerprint density at radius 3 is 2.48 bits per heavy atom. The Morgan fingerprint density at radius 2 is 1.78 bits per heavy atom. The number of para-hydroxylation sites is 1. The number of nitrogens with one attached hydrogen (secondary N) is 1. The maximum atomic E-state index is 10.3. The molecule has 0 spiro atoms. The number of rotatable bonds is 4. The van der Waals surface area contributed by atoms with Crippen molar-refractivity contribution in [2.24, 2.45) is 0 Å². The molecule has 1 saturated heterocycles. The van der Waals surface area contributed by atoms with Crippen molar-refractivity contribution in [3.05, 3.63) is 24.3 Å². The monoisotopic (exact) mass is 396 g/mol. The van der Waals surface area contributed by atoms with Gasteiger partial charge < -0.3 is 29.9 Å². The molecule has 2 heterocycles. The summed E-state index contributed by atoms with van der Waals surface area (Å²) in [6, 6.07) is 7.65. The molecule has 1 aliphatic heterocycles. The molecule has 1 aromatic carbocycles. The van der Waals surface area contributed by atoms with E-state index < -0.39 is 24.4 Å². The standard InChI is InChI=1S/C18H24N4O4.ClH/c1-25-13-10-14(16(24)15(13)23)26-17-11-4-2-3-5-12(11)20-18(21-17)22-8-6-19-7-9-22;/h2-5,13-16,19,23-24H,6-10H2,1H3;1H/t13-,14+,15+,16-;/m0./s1. The zero-order chi connectivity index (χ0) is 18.1. The second-order valence-electron chi connectivity index (χ2n) is 6.73. The number of halogens is 1. The van der Waals surface area contributed by atoms with Crippen LogP contribution in [0.1, 0.15) is 6.42 Å². The number of hydrogen-bond acceptors (Lipinski definition) is 8. The Kier molecular flexibility index (Phi) is 6.33.